The van der Waals surface area contributed by atoms with E-state index in [1.54, 1.807) is 55.5 Å². The summed E-state index contributed by atoms with van der Waals surface area (Å²) in [6.07, 6.45) is -0.720. The molecule has 3 rings (SSSR count). The number of hydrogen-bond acceptors (Lipinski definition) is 5. The Kier molecular flexibility index (Phi) is 7.46. The van der Waals surface area contributed by atoms with Gasteiger partial charge in [-0.05, 0) is 43.3 Å². The summed E-state index contributed by atoms with van der Waals surface area (Å²) in [6.45, 7) is 4.80. The first kappa shape index (κ1) is 21.1. The van der Waals surface area contributed by atoms with Gasteiger partial charge in [0.05, 0.1) is 24.8 Å². The third kappa shape index (κ3) is 6.45. The Morgan fingerprint density at radius 1 is 1.07 bits per heavy atom. The zero-order valence-corrected chi connectivity index (χ0v) is 16.9. The van der Waals surface area contributed by atoms with Crippen molar-refractivity contribution in [2.45, 2.75) is 13.0 Å². The fraction of sp³-hybridized carbons (Fsp3) is 0.333. The molecular formula is C21H24ClN3O4. The van der Waals surface area contributed by atoms with Crippen LogP contribution >= 0.6 is 11.6 Å². The van der Waals surface area contributed by atoms with Crippen LogP contribution in [-0.2, 0) is 14.3 Å². The summed E-state index contributed by atoms with van der Waals surface area (Å²) in [5, 5.41) is 6.09. The average Bonchev–Trinajstić information content (AvgIpc) is 2.72. The zero-order valence-electron chi connectivity index (χ0n) is 16.2. The molecule has 29 heavy (non-hydrogen) atoms. The van der Waals surface area contributed by atoms with Gasteiger partial charge in [-0.25, -0.2) is 0 Å². The standard InChI is InChI=1S/C21H24ClN3O4/c1-15(29-19-5-3-2-4-18(19)22)21(27)24-17-8-6-16(7-9-17)23-20(26)14-25-10-12-28-13-11-25/h2-9,15H,10-14H2,1H3,(H,23,26)(H,24,27)/t15-/m1/s1. The number of nitrogens with zero attached hydrogens (tertiary/aromatic N) is 1. The summed E-state index contributed by atoms with van der Waals surface area (Å²) < 4.78 is 10.9. The third-order valence-corrected chi connectivity index (χ3v) is 4.73. The van der Waals surface area contributed by atoms with Gasteiger partial charge in [-0.3, -0.25) is 14.5 Å². The lowest BCUT2D eigenvalue weighted by Gasteiger charge is -2.25. The number of carbonyl (C=O) groups is 2. The molecule has 8 heteroatoms. The monoisotopic (exact) mass is 417 g/mol. The van der Waals surface area contributed by atoms with Crippen LogP contribution in [0.3, 0.4) is 0 Å². The summed E-state index contributed by atoms with van der Waals surface area (Å²) in [6, 6.07) is 13.9. The van der Waals surface area contributed by atoms with Gasteiger partial charge < -0.3 is 20.1 Å². The predicted molar refractivity (Wildman–Crippen MR) is 113 cm³/mol. The number of para-hydroxylation sites is 1. The van der Waals surface area contributed by atoms with Crippen LogP contribution in [0.1, 0.15) is 6.92 Å². The first-order valence-corrected chi connectivity index (χ1v) is 9.81. The maximum Gasteiger partial charge on any atom is 0.265 e. The molecule has 0 unspecified atom stereocenters. The van der Waals surface area contributed by atoms with E-state index in [2.05, 4.69) is 10.6 Å². The van der Waals surface area contributed by atoms with Gasteiger partial charge >= 0.3 is 0 Å². The van der Waals surface area contributed by atoms with Crippen molar-refractivity contribution < 1.29 is 19.1 Å². The van der Waals surface area contributed by atoms with Gasteiger partial charge in [-0.2, -0.15) is 0 Å². The van der Waals surface area contributed by atoms with Crippen molar-refractivity contribution in [3.05, 3.63) is 53.6 Å². The highest BCUT2D eigenvalue weighted by molar-refractivity contribution is 6.32. The summed E-state index contributed by atoms with van der Waals surface area (Å²) in [5.74, 6) is 0.0783. The molecule has 154 valence electrons. The molecule has 1 heterocycles. The molecule has 1 aliphatic rings. The van der Waals surface area contributed by atoms with Crippen LogP contribution in [0.4, 0.5) is 11.4 Å². The Hall–Kier alpha value is -2.61. The van der Waals surface area contributed by atoms with Crippen LogP contribution in [0.25, 0.3) is 0 Å². The van der Waals surface area contributed by atoms with E-state index in [4.69, 9.17) is 21.1 Å². The first-order chi connectivity index (χ1) is 14.0. The second kappa shape index (κ2) is 10.2. The lowest BCUT2D eigenvalue weighted by atomic mass is 10.2. The van der Waals surface area contributed by atoms with Crippen molar-refractivity contribution in [1.29, 1.82) is 0 Å². The van der Waals surface area contributed by atoms with Gasteiger partial charge in [0.2, 0.25) is 5.91 Å². The molecule has 0 spiro atoms. The number of benzene rings is 2. The summed E-state index contributed by atoms with van der Waals surface area (Å²) in [5.41, 5.74) is 1.28. The average molecular weight is 418 g/mol. The van der Waals surface area contributed by atoms with Crippen molar-refractivity contribution in [2.75, 3.05) is 43.5 Å². The molecule has 2 N–H and O–H groups in total. The molecule has 0 aliphatic carbocycles. The maximum absolute atomic E-state index is 12.3. The van der Waals surface area contributed by atoms with Crippen molar-refractivity contribution in [3.8, 4) is 5.75 Å². The van der Waals surface area contributed by atoms with Crippen LogP contribution in [0, 0.1) is 0 Å². The van der Waals surface area contributed by atoms with Gasteiger partial charge in [0, 0.05) is 24.5 Å². The number of carbonyl (C=O) groups excluding carboxylic acids is 2. The van der Waals surface area contributed by atoms with Crippen molar-refractivity contribution in [2.24, 2.45) is 0 Å². The Morgan fingerprint density at radius 2 is 1.69 bits per heavy atom. The fourth-order valence-electron chi connectivity index (χ4n) is 2.83. The van der Waals surface area contributed by atoms with Crippen LogP contribution < -0.4 is 15.4 Å². The van der Waals surface area contributed by atoms with Crippen LogP contribution in [-0.4, -0.2) is 55.7 Å². The van der Waals surface area contributed by atoms with E-state index in [0.717, 1.165) is 13.1 Å². The van der Waals surface area contributed by atoms with Crippen molar-refractivity contribution in [3.63, 3.8) is 0 Å². The number of nitrogens with one attached hydrogen (secondary N) is 2. The third-order valence-electron chi connectivity index (χ3n) is 4.42. The van der Waals surface area contributed by atoms with E-state index in [1.807, 2.05) is 4.90 Å². The van der Waals surface area contributed by atoms with E-state index in [1.165, 1.54) is 0 Å². The fourth-order valence-corrected chi connectivity index (χ4v) is 3.01. The predicted octanol–water partition coefficient (Wildman–Crippen LogP) is 3.02. The number of amides is 2. The Morgan fingerprint density at radius 3 is 2.34 bits per heavy atom. The van der Waals surface area contributed by atoms with Gasteiger partial charge in [0.15, 0.2) is 6.10 Å². The SMILES string of the molecule is C[C@@H](Oc1ccccc1Cl)C(=O)Nc1ccc(NC(=O)CN2CCOCC2)cc1. The Balaban J connectivity index is 1.48. The molecule has 1 saturated heterocycles. The second-order valence-electron chi connectivity index (χ2n) is 6.69. The minimum atomic E-state index is -0.720. The highest BCUT2D eigenvalue weighted by Crippen LogP contribution is 2.24. The van der Waals surface area contributed by atoms with E-state index in [0.29, 0.717) is 41.9 Å². The van der Waals surface area contributed by atoms with E-state index < -0.39 is 6.10 Å². The Bertz CT molecular complexity index is 838. The number of ether oxygens (including phenoxy) is 2. The molecule has 0 radical (unpaired) electrons. The van der Waals surface area contributed by atoms with Gasteiger partial charge in [-0.1, -0.05) is 23.7 Å². The van der Waals surface area contributed by atoms with Crippen LogP contribution in [0.15, 0.2) is 48.5 Å². The molecule has 2 amide bonds. The smallest absolute Gasteiger partial charge is 0.265 e. The highest BCUT2D eigenvalue weighted by atomic mass is 35.5. The zero-order chi connectivity index (χ0) is 20.6. The van der Waals surface area contributed by atoms with Gasteiger partial charge in [-0.15, -0.1) is 0 Å². The molecule has 2 aromatic rings. The van der Waals surface area contributed by atoms with Crippen molar-refractivity contribution in [1.82, 2.24) is 4.90 Å². The van der Waals surface area contributed by atoms with Crippen LogP contribution in [0.2, 0.25) is 5.02 Å². The second-order valence-corrected chi connectivity index (χ2v) is 7.10. The molecular weight excluding hydrogens is 394 g/mol. The number of rotatable bonds is 7. The van der Waals surface area contributed by atoms with Crippen LogP contribution in [0.5, 0.6) is 5.75 Å². The largest absolute Gasteiger partial charge is 0.479 e. The number of halogens is 1. The maximum atomic E-state index is 12.3. The molecule has 0 saturated carbocycles. The van der Waals surface area contributed by atoms with Gasteiger partial charge in [0.1, 0.15) is 5.75 Å². The lowest BCUT2D eigenvalue weighted by molar-refractivity contribution is -0.122. The number of anilines is 2. The molecule has 1 atom stereocenters. The summed E-state index contributed by atoms with van der Waals surface area (Å²) >= 11 is 6.05. The van der Waals surface area contributed by atoms with E-state index >= 15 is 0 Å². The summed E-state index contributed by atoms with van der Waals surface area (Å²) in [4.78, 5) is 26.5. The highest BCUT2D eigenvalue weighted by Gasteiger charge is 2.17. The topological polar surface area (TPSA) is 79.9 Å². The molecule has 0 bridgehead atoms. The quantitative estimate of drug-likeness (QED) is 0.723. The summed E-state index contributed by atoms with van der Waals surface area (Å²) in [7, 11) is 0. The molecule has 7 nitrogen and oxygen atoms in total. The molecule has 1 fully saturated rings. The molecule has 2 aromatic carbocycles. The molecule has 1 aliphatic heterocycles. The Labute approximate surface area is 174 Å². The first-order valence-electron chi connectivity index (χ1n) is 9.43. The van der Waals surface area contributed by atoms with Crippen molar-refractivity contribution >= 4 is 34.8 Å². The number of morpholine rings is 1. The normalized spacial score (nSPS) is 15.4. The minimum Gasteiger partial charge on any atom is -0.479 e. The lowest BCUT2D eigenvalue weighted by Crippen LogP contribution is -2.41. The molecule has 0 aromatic heterocycles. The number of hydrogen-bond donors (Lipinski definition) is 2. The van der Waals surface area contributed by atoms with E-state index in [9.17, 15) is 9.59 Å². The van der Waals surface area contributed by atoms with Gasteiger partial charge in [0.25, 0.3) is 5.91 Å². The minimum absolute atomic E-state index is 0.0783. The van der Waals surface area contributed by atoms with E-state index in [-0.39, 0.29) is 11.8 Å².